The maximum atomic E-state index is 12.5. The van der Waals surface area contributed by atoms with Crippen LogP contribution in [0.5, 0.6) is 5.75 Å². The van der Waals surface area contributed by atoms with Gasteiger partial charge in [-0.1, -0.05) is 6.07 Å². The van der Waals surface area contributed by atoms with Crippen LogP contribution >= 0.6 is 0 Å². The summed E-state index contributed by atoms with van der Waals surface area (Å²) in [6.45, 7) is 1.80. The fourth-order valence-corrected chi connectivity index (χ4v) is 2.04. The number of hydrogen-bond acceptors (Lipinski definition) is 2. The summed E-state index contributed by atoms with van der Waals surface area (Å²) in [5, 5.41) is 3.24. The second-order valence-corrected chi connectivity index (χ2v) is 4.45. The van der Waals surface area contributed by atoms with Crippen molar-refractivity contribution in [2.45, 2.75) is 31.5 Å². The Morgan fingerprint density at radius 2 is 2.00 bits per heavy atom. The van der Waals surface area contributed by atoms with Crippen LogP contribution in [0.4, 0.5) is 13.2 Å². The number of halogens is 3. The van der Waals surface area contributed by atoms with Crippen molar-refractivity contribution in [3.8, 4) is 5.75 Å². The van der Waals surface area contributed by atoms with Crippen molar-refractivity contribution < 1.29 is 17.9 Å². The fourth-order valence-electron chi connectivity index (χ4n) is 2.04. The Balaban J connectivity index is 2.04. The summed E-state index contributed by atoms with van der Waals surface area (Å²) in [7, 11) is 0. The van der Waals surface area contributed by atoms with Gasteiger partial charge in [-0.25, -0.2) is 0 Å². The average molecular weight is 259 g/mol. The zero-order chi connectivity index (χ0) is 13.0. The van der Waals surface area contributed by atoms with E-state index < -0.39 is 11.7 Å². The largest absolute Gasteiger partial charge is 0.490 e. The van der Waals surface area contributed by atoms with E-state index in [1.807, 2.05) is 0 Å². The van der Waals surface area contributed by atoms with Crippen LogP contribution in [0, 0.1) is 0 Å². The molecule has 18 heavy (non-hydrogen) atoms. The highest BCUT2D eigenvalue weighted by Gasteiger charge is 2.30. The lowest BCUT2D eigenvalue weighted by Crippen LogP contribution is -2.19. The number of rotatable bonds is 2. The van der Waals surface area contributed by atoms with E-state index in [9.17, 15) is 13.2 Å². The molecule has 1 atom stereocenters. The Bertz CT molecular complexity index is 384. The molecule has 0 radical (unpaired) electrons. The third kappa shape index (κ3) is 3.63. The first-order valence-corrected chi connectivity index (χ1v) is 6.10. The van der Waals surface area contributed by atoms with Gasteiger partial charge in [-0.15, -0.1) is 0 Å². The summed E-state index contributed by atoms with van der Waals surface area (Å²) in [6.07, 6.45) is -1.61. The minimum absolute atomic E-state index is 0.00323. The standard InChI is InChI=1S/C13H16F3NO/c14-13(15,16)10-3-1-4-12(9-10)18-11-5-2-7-17-8-6-11/h1,3-4,9,11,17H,2,5-8H2. The van der Waals surface area contributed by atoms with Gasteiger partial charge in [-0.05, 0) is 50.6 Å². The lowest BCUT2D eigenvalue weighted by atomic mass is 10.1. The molecule has 1 aromatic carbocycles. The Labute approximate surface area is 104 Å². The number of ether oxygens (including phenoxy) is 1. The lowest BCUT2D eigenvalue weighted by molar-refractivity contribution is -0.137. The van der Waals surface area contributed by atoms with E-state index in [2.05, 4.69) is 5.32 Å². The van der Waals surface area contributed by atoms with Gasteiger partial charge < -0.3 is 10.1 Å². The molecular weight excluding hydrogens is 243 g/mol. The summed E-state index contributed by atoms with van der Waals surface area (Å²) < 4.78 is 43.3. The van der Waals surface area contributed by atoms with Gasteiger partial charge in [0.05, 0.1) is 11.7 Å². The molecule has 0 aliphatic carbocycles. The molecule has 5 heteroatoms. The minimum Gasteiger partial charge on any atom is -0.490 e. The van der Waals surface area contributed by atoms with Crippen LogP contribution in [-0.4, -0.2) is 19.2 Å². The summed E-state index contributed by atoms with van der Waals surface area (Å²) >= 11 is 0. The molecule has 0 aromatic heterocycles. The Morgan fingerprint density at radius 3 is 2.78 bits per heavy atom. The van der Waals surface area contributed by atoms with Crippen LogP contribution in [0.25, 0.3) is 0 Å². The average Bonchev–Trinajstić information content (AvgIpc) is 2.57. The summed E-state index contributed by atoms with van der Waals surface area (Å²) in [5.41, 5.74) is -0.660. The van der Waals surface area contributed by atoms with Crippen LogP contribution < -0.4 is 10.1 Å². The fraction of sp³-hybridized carbons (Fsp3) is 0.538. The molecule has 0 spiro atoms. The van der Waals surface area contributed by atoms with Crippen molar-refractivity contribution in [3.63, 3.8) is 0 Å². The first-order valence-electron chi connectivity index (χ1n) is 6.10. The van der Waals surface area contributed by atoms with Crippen molar-refractivity contribution >= 4 is 0 Å². The molecule has 1 aromatic rings. The minimum atomic E-state index is -4.32. The Kier molecular flexibility index (Phi) is 4.11. The zero-order valence-electron chi connectivity index (χ0n) is 9.96. The molecule has 0 saturated carbocycles. The second kappa shape index (κ2) is 5.61. The molecule has 1 fully saturated rings. The van der Waals surface area contributed by atoms with E-state index in [0.717, 1.165) is 44.5 Å². The van der Waals surface area contributed by atoms with Crippen LogP contribution in [0.1, 0.15) is 24.8 Å². The van der Waals surface area contributed by atoms with Crippen molar-refractivity contribution in [2.75, 3.05) is 13.1 Å². The van der Waals surface area contributed by atoms with Gasteiger partial charge in [0.2, 0.25) is 0 Å². The SMILES string of the molecule is FC(F)(F)c1cccc(OC2CCCNCC2)c1. The maximum Gasteiger partial charge on any atom is 0.416 e. The third-order valence-corrected chi connectivity index (χ3v) is 2.99. The van der Waals surface area contributed by atoms with Crippen LogP contribution in [0.15, 0.2) is 24.3 Å². The summed E-state index contributed by atoms with van der Waals surface area (Å²) in [5.74, 6) is 0.303. The van der Waals surface area contributed by atoms with Gasteiger partial charge >= 0.3 is 6.18 Å². The molecule has 1 saturated heterocycles. The van der Waals surface area contributed by atoms with E-state index in [1.165, 1.54) is 6.07 Å². The molecule has 1 unspecified atom stereocenters. The first kappa shape index (κ1) is 13.2. The highest BCUT2D eigenvalue weighted by atomic mass is 19.4. The molecular formula is C13H16F3NO. The van der Waals surface area contributed by atoms with Gasteiger partial charge in [0.25, 0.3) is 0 Å². The summed E-state index contributed by atoms with van der Waals surface area (Å²) in [6, 6.07) is 5.08. The van der Waals surface area contributed by atoms with Gasteiger partial charge in [-0.2, -0.15) is 13.2 Å². The Morgan fingerprint density at radius 1 is 1.17 bits per heavy atom. The number of alkyl halides is 3. The Hall–Kier alpha value is -1.23. The summed E-state index contributed by atoms with van der Waals surface area (Å²) in [4.78, 5) is 0. The van der Waals surface area contributed by atoms with Crippen molar-refractivity contribution in [1.82, 2.24) is 5.32 Å². The monoisotopic (exact) mass is 259 g/mol. The number of hydrogen-bond donors (Lipinski definition) is 1. The topological polar surface area (TPSA) is 21.3 Å². The molecule has 1 heterocycles. The van der Waals surface area contributed by atoms with E-state index in [1.54, 1.807) is 6.07 Å². The normalized spacial score (nSPS) is 21.4. The highest BCUT2D eigenvalue weighted by molar-refractivity contribution is 5.30. The molecule has 1 aliphatic rings. The van der Waals surface area contributed by atoms with E-state index in [-0.39, 0.29) is 6.10 Å². The smallest absolute Gasteiger partial charge is 0.416 e. The van der Waals surface area contributed by atoms with Crippen molar-refractivity contribution in [1.29, 1.82) is 0 Å². The molecule has 2 nitrogen and oxygen atoms in total. The molecule has 1 N–H and O–H groups in total. The molecule has 0 amide bonds. The van der Waals surface area contributed by atoms with Crippen LogP contribution in [0.2, 0.25) is 0 Å². The van der Waals surface area contributed by atoms with Gasteiger partial charge in [0.15, 0.2) is 0 Å². The predicted octanol–water partition coefficient (Wildman–Crippen LogP) is 3.23. The second-order valence-electron chi connectivity index (χ2n) is 4.45. The lowest BCUT2D eigenvalue weighted by Gasteiger charge is -2.17. The number of nitrogens with one attached hydrogen (secondary N) is 1. The van der Waals surface area contributed by atoms with Crippen LogP contribution in [0.3, 0.4) is 0 Å². The predicted molar refractivity (Wildman–Crippen MR) is 62.6 cm³/mol. The third-order valence-electron chi connectivity index (χ3n) is 2.99. The van der Waals surface area contributed by atoms with Gasteiger partial charge in [0.1, 0.15) is 5.75 Å². The molecule has 1 aliphatic heterocycles. The number of benzene rings is 1. The first-order chi connectivity index (χ1) is 8.55. The molecule has 2 rings (SSSR count). The van der Waals surface area contributed by atoms with E-state index in [4.69, 9.17) is 4.74 Å². The van der Waals surface area contributed by atoms with Crippen molar-refractivity contribution in [2.24, 2.45) is 0 Å². The van der Waals surface area contributed by atoms with E-state index in [0.29, 0.717) is 5.75 Å². The van der Waals surface area contributed by atoms with Gasteiger partial charge in [-0.3, -0.25) is 0 Å². The van der Waals surface area contributed by atoms with Crippen LogP contribution in [-0.2, 0) is 6.18 Å². The molecule has 0 bridgehead atoms. The maximum absolute atomic E-state index is 12.5. The molecule has 100 valence electrons. The van der Waals surface area contributed by atoms with Gasteiger partial charge in [0, 0.05) is 0 Å². The van der Waals surface area contributed by atoms with E-state index >= 15 is 0 Å². The zero-order valence-corrected chi connectivity index (χ0v) is 9.96. The van der Waals surface area contributed by atoms with Crippen molar-refractivity contribution in [3.05, 3.63) is 29.8 Å². The highest BCUT2D eigenvalue weighted by Crippen LogP contribution is 2.31. The quantitative estimate of drug-likeness (QED) is 0.880.